The van der Waals surface area contributed by atoms with Gasteiger partial charge in [-0.15, -0.1) is 11.3 Å². The molecular formula is C22H24N4O6S2. The van der Waals surface area contributed by atoms with Gasteiger partial charge in [-0.1, -0.05) is 0 Å². The van der Waals surface area contributed by atoms with Crippen LogP contribution in [0.1, 0.15) is 44.5 Å². The first-order valence-electron chi connectivity index (χ1n) is 10.9. The Hall–Kier alpha value is -3.09. The van der Waals surface area contributed by atoms with Crippen LogP contribution in [-0.4, -0.2) is 54.8 Å². The molecule has 0 atom stereocenters. The molecule has 1 amide bonds. The fraction of sp³-hybridized carbons (Fsp3) is 0.409. The number of thiocarbonyl (C=S) groups is 1. The van der Waals surface area contributed by atoms with Crippen LogP contribution in [0.15, 0.2) is 18.2 Å². The lowest BCUT2D eigenvalue weighted by Crippen LogP contribution is -2.37. The van der Waals surface area contributed by atoms with Gasteiger partial charge in [-0.25, -0.2) is 4.79 Å². The predicted molar refractivity (Wildman–Crippen MR) is 132 cm³/mol. The van der Waals surface area contributed by atoms with E-state index in [0.29, 0.717) is 42.6 Å². The number of nitrogens with zero attached hydrogens (tertiary/aromatic N) is 2. The Balaban J connectivity index is 1.49. The number of aryl methyl sites for hydroxylation is 1. The number of benzene rings is 1. The van der Waals surface area contributed by atoms with E-state index in [1.54, 1.807) is 13.0 Å². The third-order valence-electron chi connectivity index (χ3n) is 5.64. The molecule has 0 bridgehead atoms. The van der Waals surface area contributed by atoms with Crippen molar-refractivity contribution in [2.45, 2.75) is 26.2 Å². The Morgan fingerprint density at radius 3 is 2.76 bits per heavy atom. The smallest absolute Gasteiger partial charge is 0.341 e. The van der Waals surface area contributed by atoms with Crippen molar-refractivity contribution in [3.63, 3.8) is 0 Å². The molecule has 1 aliphatic heterocycles. The van der Waals surface area contributed by atoms with Gasteiger partial charge in [0.1, 0.15) is 10.7 Å². The number of nitro groups is 1. The number of rotatable bonds is 6. The molecule has 34 heavy (non-hydrogen) atoms. The molecular weight excluding hydrogens is 480 g/mol. The van der Waals surface area contributed by atoms with Gasteiger partial charge in [-0.3, -0.25) is 20.2 Å². The first-order valence-corrected chi connectivity index (χ1v) is 12.2. The normalized spacial score (nSPS) is 14.9. The van der Waals surface area contributed by atoms with Crippen LogP contribution in [0.2, 0.25) is 0 Å². The molecule has 0 spiro atoms. The van der Waals surface area contributed by atoms with Crippen molar-refractivity contribution >= 4 is 56.9 Å². The molecule has 0 unspecified atom stereocenters. The van der Waals surface area contributed by atoms with Crippen molar-refractivity contribution < 1.29 is 24.0 Å². The number of anilines is 2. The summed E-state index contributed by atoms with van der Waals surface area (Å²) in [7, 11) is 0. The molecule has 12 heteroatoms. The molecule has 0 radical (unpaired) electrons. The molecule has 1 aliphatic carbocycles. The fourth-order valence-corrected chi connectivity index (χ4v) is 5.64. The number of carbonyl (C=O) groups is 2. The second-order valence-electron chi connectivity index (χ2n) is 7.75. The van der Waals surface area contributed by atoms with Gasteiger partial charge >= 0.3 is 5.97 Å². The third kappa shape index (κ3) is 5.03. The molecule has 1 aromatic carbocycles. The summed E-state index contributed by atoms with van der Waals surface area (Å²) in [5.41, 5.74) is 1.81. The molecule has 1 fully saturated rings. The van der Waals surface area contributed by atoms with E-state index in [9.17, 15) is 19.7 Å². The Kier molecular flexibility index (Phi) is 7.39. The zero-order valence-corrected chi connectivity index (χ0v) is 20.2. The van der Waals surface area contributed by atoms with E-state index in [2.05, 4.69) is 10.6 Å². The number of fused-ring (bicyclic) bond motifs is 1. The zero-order chi connectivity index (χ0) is 24.2. The Morgan fingerprint density at radius 1 is 1.29 bits per heavy atom. The summed E-state index contributed by atoms with van der Waals surface area (Å²) in [4.78, 5) is 39.4. The maximum absolute atomic E-state index is 12.8. The summed E-state index contributed by atoms with van der Waals surface area (Å²) >= 11 is 6.72. The molecule has 180 valence electrons. The van der Waals surface area contributed by atoms with Crippen molar-refractivity contribution in [2.24, 2.45) is 0 Å². The minimum Gasteiger partial charge on any atom is -0.462 e. The van der Waals surface area contributed by atoms with Crippen LogP contribution in [0.4, 0.5) is 16.4 Å². The Bertz CT molecular complexity index is 1140. The minimum absolute atomic E-state index is 0.00428. The van der Waals surface area contributed by atoms with E-state index in [1.165, 1.54) is 23.5 Å². The standard InChI is InChI=1S/C22H24N4O6S2/c1-2-32-21(28)18-14-4-3-5-17(14)34-20(18)24-22(33)23-19(27)13-6-7-15(16(12-13)26(29)30)25-8-10-31-11-9-25/h6-7,12H,2-5,8-11H2,1H3,(H2,23,24,27,33). The van der Waals surface area contributed by atoms with E-state index in [1.807, 2.05) is 4.90 Å². The summed E-state index contributed by atoms with van der Waals surface area (Å²) in [5, 5.41) is 17.7. The first kappa shape index (κ1) is 24.0. The van der Waals surface area contributed by atoms with Crippen molar-refractivity contribution in [1.29, 1.82) is 0 Å². The van der Waals surface area contributed by atoms with Gasteiger partial charge in [0.25, 0.3) is 11.6 Å². The van der Waals surface area contributed by atoms with Gasteiger partial charge in [0.2, 0.25) is 0 Å². The quantitative estimate of drug-likeness (QED) is 0.264. The van der Waals surface area contributed by atoms with E-state index in [4.69, 9.17) is 21.7 Å². The van der Waals surface area contributed by atoms with Crippen molar-refractivity contribution in [3.05, 3.63) is 49.9 Å². The fourth-order valence-electron chi connectivity index (χ4n) is 4.10. The summed E-state index contributed by atoms with van der Waals surface area (Å²) < 4.78 is 10.5. The van der Waals surface area contributed by atoms with Crippen LogP contribution in [0.5, 0.6) is 0 Å². The number of hydrogen-bond donors (Lipinski definition) is 2. The Labute approximate surface area is 205 Å². The average molecular weight is 505 g/mol. The highest BCUT2D eigenvalue weighted by molar-refractivity contribution is 7.80. The molecule has 0 saturated carbocycles. The predicted octanol–water partition coefficient (Wildman–Crippen LogP) is 3.29. The zero-order valence-electron chi connectivity index (χ0n) is 18.5. The lowest BCUT2D eigenvalue weighted by Gasteiger charge is -2.28. The highest BCUT2D eigenvalue weighted by Crippen LogP contribution is 2.39. The number of amides is 1. The molecule has 4 rings (SSSR count). The van der Waals surface area contributed by atoms with Gasteiger partial charge in [0.05, 0.1) is 30.3 Å². The monoisotopic (exact) mass is 504 g/mol. The number of nitro benzene ring substituents is 1. The molecule has 1 aromatic heterocycles. The van der Waals surface area contributed by atoms with Crippen molar-refractivity contribution in [2.75, 3.05) is 43.1 Å². The van der Waals surface area contributed by atoms with Crippen LogP contribution in [0.3, 0.4) is 0 Å². The van der Waals surface area contributed by atoms with E-state index in [0.717, 1.165) is 29.7 Å². The van der Waals surface area contributed by atoms with Gasteiger partial charge in [-0.2, -0.15) is 0 Å². The lowest BCUT2D eigenvalue weighted by atomic mass is 10.1. The largest absolute Gasteiger partial charge is 0.462 e. The van der Waals surface area contributed by atoms with E-state index >= 15 is 0 Å². The summed E-state index contributed by atoms with van der Waals surface area (Å²) in [6.07, 6.45) is 2.65. The molecule has 1 saturated heterocycles. The second kappa shape index (κ2) is 10.5. The van der Waals surface area contributed by atoms with E-state index in [-0.39, 0.29) is 23.0 Å². The highest BCUT2D eigenvalue weighted by atomic mass is 32.1. The maximum atomic E-state index is 12.8. The summed E-state index contributed by atoms with van der Waals surface area (Å²) in [6, 6.07) is 4.34. The Morgan fingerprint density at radius 2 is 2.06 bits per heavy atom. The lowest BCUT2D eigenvalue weighted by molar-refractivity contribution is -0.384. The van der Waals surface area contributed by atoms with Crippen LogP contribution >= 0.6 is 23.6 Å². The maximum Gasteiger partial charge on any atom is 0.341 e. The van der Waals surface area contributed by atoms with Crippen LogP contribution in [-0.2, 0) is 22.3 Å². The molecule has 2 heterocycles. The molecule has 2 aromatic rings. The van der Waals surface area contributed by atoms with Crippen molar-refractivity contribution in [3.8, 4) is 0 Å². The minimum atomic E-state index is -0.587. The number of esters is 1. The van der Waals surface area contributed by atoms with Gasteiger partial charge in [0.15, 0.2) is 5.11 Å². The SMILES string of the molecule is CCOC(=O)c1c(NC(=S)NC(=O)c2ccc(N3CCOCC3)c([N+](=O)[O-])c2)sc2c1CCC2. The van der Waals surface area contributed by atoms with Gasteiger partial charge in [0, 0.05) is 29.6 Å². The summed E-state index contributed by atoms with van der Waals surface area (Å²) in [6.45, 7) is 4.04. The van der Waals surface area contributed by atoms with Crippen LogP contribution in [0, 0.1) is 10.1 Å². The van der Waals surface area contributed by atoms with Gasteiger partial charge < -0.3 is 19.7 Å². The number of thiophene rings is 1. The molecule has 10 nitrogen and oxygen atoms in total. The topological polar surface area (TPSA) is 123 Å². The first-order chi connectivity index (χ1) is 16.4. The van der Waals surface area contributed by atoms with Crippen LogP contribution in [0.25, 0.3) is 0 Å². The van der Waals surface area contributed by atoms with E-state index < -0.39 is 16.8 Å². The van der Waals surface area contributed by atoms with Crippen molar-refractivity contribution in [1.82, 2.24) is 5.32 Å². The average Bonchev–Trinajstić information content (AvgIpc) is 3.40. The number of nitrogens with one attached hydrogen (secondary N) is 2. The molecule has 2 aliphatic rings. The summed E-state index contributed by atoms with van der Waals surface area (Å²) in [5.74, 6) is -1.01. The highest BCUT2D eigenvalue weighted by Gasteiger charge is 2.28. The van der Waals surface area contributed by atoms with Gasteiger partial charge in [-0.05, 0) is 56.1 Å². The number of ether oxygens (including phenoxy) is 2. The third-order valence-corrected chi connectivity index (χ3v) is 7.05. The number of hydrogen-bond acceptors (Lipinski definition) is 9. The molecule has 2 N–H and O–H groups in total. The van der Waals surface area contributed by atoms with Crippen LogP contribution < -0.4 is 15.5 Å². The number of morpholine rings is 1. The second-order valence-corrected chi connectivity index (χ2v) is 9.26. The number of carbonyl (C=O) groups excluding carboxylic acids is 2.